The first-order chi connectivity index (χ1) is 12.9. The Labute approximate surface area is 159 Å². The lowest BCUT2D eigenvalue weighted by Gasteiger charge is -2.10. The lowest BCUT2D eigenvalue weighted by atomic mass is 10.1. The molecule has 1 amide bonds. The quantitative estimate of drug-likeness (QED) is 0.397. The zero-order chi connectivity index (χ0) is 19.6. The van der Waals surface area contributed by atoms with Crippen molar-refractivity contribution in [3.8, 4) is 5.69 Å². The molecule has 0 radical (unpaired) electrons. The molecule has 0 spiro atoms. The number of benzene rings is 2. The van der Waals surface area contributed by atoms with E-state index in [0.717, 1.165) is 16.8 Å². The molecule has 9 heteroatoms. The van der Waals surface area contributed by atoms with Gasteiger partial charge in [-0.1, -0.05) is 35.5 Å². The van der Waals surface area contributed by atoms with Crippen LogP contribution < -0.4 is 5.73 Å². The highest BCUT2D eigenvalue weighted by Crippen LogP contribution is 2.29. The second kappa shape index (κ2) is 7.58. The highest BCUT2D eigenvalue weighted by Gasteiger charge is 2.18. The molecule has 1 heterocycles. The summed E-state index contributed by atoms with van der Waals surface area (Å²) in [5.74, 6) is -0.397. The number of hydrogen-bond acceptors (Lipinski definition) is 6. The summed E-state index contributed by atoms with van der Waals surface area (Å²) in [5, 5.41) is 20.0. The van der Waals surface area contributed by atoms with Crippen molar-refractivity contribution >= 4 is 23.4 Å². The van der Waals surface area contributed by atoms with Crippen LogP contribution in [0.4, 0.5) is 5.69 Å². The molecule has 0 aliphatic heterocycles. The fourth-order valence-electron chi connectivity index (χ4n) is 2.72. The number of hydrogen-bond donors (Lipinski definition) is 1. The summed E-state index contributed by atoms with van der Waals surface area (Å²) >= 11 is 1.33. The van der Waals surface area contributed by atoms with E-state index in [1.807, 2.05) is 30.5 Å². The average molecular weight is 383 g/mol. The summed E-state index contributed by atoms with van der Waals surface area (Å²) in [4.78, 5) is 22.1. The lowest BCUT2D eigenvalue weighted by molar-refractivity contribution is -0.385. The molecule has 3 rings (SSSR count). The molecule has 0 unspecified atom stereocenters. The number of amides is 1. The van der Waals surface area contributed by atoms with Gasteiger partial charge < -0.3 is 5.73 Å². The standard InChI is InChI=1S/C18H17N5O3S/c1-11-3-6-15(12(2)7-11)22-10-20-21-18(22)27-9-14-5-4-13(17(19)24)8-16(14)23(25)26/h3-8,10H,9H2,1-2H3,(H2,19,24). The SMILES string of the molecule is Cc1ccc(-n2cnnc2SCc2ccc(C(N)=O)cc2[N+](=O)[O-])c(C)c1. The second-order valence-electron chi connectivity index (χ2n) is 6.03. The summed E-state index contributed by atoms with van der Waals surface area (Å²) in [7, 11) is 0. The van der Waals surface area contributed by atoms with Crippen molar-refractivity contribution < 1.29 is 9.72 Å². The molecule has 0 saturated heterocycles. The van der Waals surface area contributed by atoms with Crippen molar-refractivity contribution in [3.63, 3.8) is 0 Å². The Hall–Kier alpha value is -3.20. The van der Waals surface area contributed by atoms with Crippen LogP contribution in [0.15, 0.2) is 47.9 Å². The van der Waals surface area contributed by atoms with Gasteiger partial charge in [-0.25, -0.2) is 0 Å². The second-order valence-corrected chi connectivity index (χ2v) is 6.97. The summed E-state index contributed by atoms with van der Waals surface area (Å²) in [6.07, 6.45) is 1.62. The van der Waals surface area contributed by atoms with Gasteiger partial charge in [0.2, 0.25) is 5.91 Å². The van der Waals surface area contributed by atoms with Crippen LogP contribution in [0.3, 0.4) is 0 Å². The largest absolute Gasteiger partial charge is 0.366 e. The first-order valence-corrected chi connectivity index (χ1v) is 9.03. The van der Waals surface area contributed by atoms with Gasteiger partial charge in [0.05, 0.1) is 10.6 Å². The third kappa shape index (κ3) is 3.98. The average Bonchev–Trinajstić information content (AvgIpc) is 3.07. The molecule has 27 heavy (non-hydrogen) atoms. The van der Waals surface area contributed by atoms with E-state index in [1.165, 1.54) is 23.9 Å². The molecule has 2 N–H and O–H groups in total. The number of nitrogens with zero attached hydrogens (tertiary/aromatic N) is 4. The van der Waals surface area contributed by atoms with E-state index >= 15 is 0 Å². The minimum atomic E-state index is -0.702. The number of aryl methyl sites for hydroxylation is 2. The molecule has 3 aromatic rings. The van der Waals surface area contributed by atoms with E-state index < -0.39 is 10.8 Å². The fraction of sp³-hybridized carbons (Fsp3) is 0.167. The van der Waals surface area contributed by atoms with Crippen molar-refractivity contribution in [1.29, 1.82) is 0 Å². The van der Waals surface area contributed by atoms with Crippen LogP contribution in [0.5, 0.6) is 0 Å². The van der Waals surface area contributed by atoms with Crippen molar-refractivity contribution in [2.24, 2.45) is 5.73 Å². The lowest BCUT2D eigenvalue weighted by Crippen LogP contribution is -2.11. The number of aromatic nitrogens is 3. The molecule has 2 aromatic carbocycles. The van der Waals surface area contributed by atoms with E-state index in [4.69, 9.17) is 5.73 Å². The Bertz CT molecular complexity index is 1030. The molecule has 0 fully saturated rings. The molecule has 8 nitrogen and oxygen atoms in total. The Morgan fingerprint density at radius 2 is 2.04 bits per heavy atom. The van der Waals surface area contributed by atoms with Crippen molar-refractivity contribution in [1.82, 2.24) is 14.8 Å². The smallest absolute Gasteiger partial charge is 0.274 e. The topological polar surface area (TPSA) is 117 Å². The zero-order valence-corrected chi connectivity index (χ0v) is 15.6. The highest BCUT2D eigenvalue weighted by atomic mass is 32.2. The Kier molecular flexibility index (Phi) is 5.22. The number of carbonyl (C=O) groups is 1. The van der Waals surface area contributed by atoms with Crippen molar-refractivity contribution in [2.45, 2.75) is 24.8 Å². The molecule has 1 aromatic heterocycles. The molecule has 0 saturated carbocycles. The van der Waals surface area contributed by atoms with Crippen LogP contribution in [0.2, 0.25) is 0 Å². The number of nitro benzene ring substituents is 1. The van der Waals surface area contributed by atoms with E-state index in [9.17, 15) is 14.9 Å². The van der Waals surface area contributed by atoms with Gasteiger partial charge >= 0.3 is 0 Å². The monoisotopic (exact) mass is 383 g/mol. The predicted octanol–water partition coefficient (Wildman–Crippen LogP) is 3.18. The molecule has 0 aliphatic carbocycles. The van der Waals surface area contributed by atoms with E-state index in [0.29, 0.717) is 16.5 Å². The normalized spacial score (nSPS) is 10.7. The van der Waals surface area contributed by atoms with Crippen LogP contribution in [0.1, 0.15) is 27.0 Å². The molecular formula is C18H17N5O3S. The van der Waals surface area contributed by atoms with Crippen LogP contribution in [-0.4, -0.2) is 25.6 Å². The number of nitro groups is 1. The summed E-state index contributed by atoms with van der Waals surface area (Å²) in [6.45, 7) is 4.03. The third-order valence-electron chi connectivity index (χ3n) is 4.05. The number of nitrogens with two attached hydrogens (primary N) is 1. The fourth-order valence-corrected chi connectivity index (χ4v) is 3.63. The van der Waals surface area contributed by atoms with Gasteiger partial charge in [0.15, 0.2) is 5.16 Å². The maximum atomic E-state index is 11.3. The highest BCUT2D eigenvalue weighted by molar-refractivity contribution is 7.98. The number of rotatable bonds is 6. The van der Waals surface area contributed by atoms with E-state index in [1.54, 1.807) is 12.4 Å². The van der Waals surface area contributed by atoms with Gasteiger partial charge in [0.25, 0.3) is 5.69 Å². The van der Waals surface area contributed by atoms with Gasteiger partial charge in [0.1, 0.15) is 6.33 Å². The first kappa shape index (κ1) is 18.6. The van der Waals surface area contributed by atoms with Crippen LogP contribution in [-0.2, 0) is 5.75 Å². The third-order valence-corrected chi connectivity index (χ3v) is 5.04. The molecule has 0 bridgehead atoms. The first-order valence-electron chi connectivity index (χ1n) is 8.04. The summed E-state index contributed by atoms with van der Waals surface area (Å²) < 4.78 is 1.85. The maximum Gasteiger partial charge on any atom is 0.274 e. The molecule has 0 aliphatic rings. The van der Waals surface area contributed by atoms with Crippen molar-refractivity contribution in [3.05, 3.63) is 75.1 Å². The van der Waals surface area contributed by atoms with E-state index in [-0.39, 0.29) is 11.3 Å². The number of primary amides is 1. The van der Waals surface area contributed by atoms with Crippen LogP contribution >= 0.6 is 11.8 Å². The Morgan fingerprint density at radius 1 is 1.26 bits per heavy atom. The van der Waals surface area contributed by atoms with Gasteiger partial charge in [-0.05, 0) is 31.5 Å². The molecular weight excluding hydrogens is 366 g/mol. The Morgan fingerprint density at radius 3 is 2.70 bits per heavy atom. The minimum absolute atomic E-state index is 0.105. The summed E-state index contributed by atoms with van der Waals surface area (Å²) in [6, 6.07) is 10.3. The number of thioether (sulfide) groups is 1. The van der Waals surface area contributed by atoms with Gasteiger partial charge in [-0.3, -0.25) is 19.5 Å². The maximum absolute atomic E-state index is 11.3. The van der Waals surface area contributed by atoms with Crippen LogP contribution in [0, 0.1) is 24.0 Å². The van der Waals surface area contributed by atoms with Gasteiger partial charge in [0, 0.05) is 22.9 Å². The Balaban J connectivity index is 1.88. The summed E-state index contributed by atoms with van der Waals surface area (Å²) in [5.41, 5.74) is 8.83. The number of carbonyl (C=O) groups excluding carboxylic acids is 1. The predicted molar refractivity (Wildman–Crippen MR) is 102 cm³/mol. The molecule has 138 valence electrons. The molecule has 0 atom stereocenters. The van der Waals surface area contributed by atoms with E-state index in [2.05, 4.69) is 16.3 Å². The van der Waals surface area contributed by atoms with Crippen molar-refractivity contribution in [2.75, 3.05) is 0 Å². The van der Waals surface area contributed by atoms with Crippen LogP contribution in [0.25, 0.3) is 5.69 Å². The van der Waals surface area contributed by atoms with Gasteiger partial charge in [-0.15, -0.1) is 10.2 Å². The minimum Gasteiger partial charge on any atom is -0.366 e. The van der Waals surface area contributed by atoms with Gasteiger partial charge in [-0.2, -0.15) is 0 Å². The zero-order valence-electron chi connectivity index (χ0n) is 14.7.